The van der Waals surface area contributed by atoms with Crippen LogP contribution in [0.15, 0.2) is 10.5 Å². The lowest BCUT2D eigenvalue weighted by Crippen LogP contribution is -2.06. The van der Waals surface area contributed by atoms with E-state index >= 15 is 0 Å². The minimum Gasteiger partial charge on any atom is -0.465 e. The largest absolute Gasteiger partial charge is 0.465 e. The molecule has 3 heteroatoms. The molecule has 1 aromatic heterocycles. The molecule has 0 aliphatic carbocycles. The van der Waals surface area contributed by atoms with Crippen LogP contribution in [0.3, 0.4) is 0 Å². The lowest BCUT2D eigenvalue weighted by molar-refractivity contribution is 0.0498. The van der Waals surface area contributed by atoms with Crippen molar-refractivity contribution in [1.29, 1.82) is 0 Å². The minimum atomic E-state index is -0.274. The highest BCUT2D eigenvalue weighted by molar-refractivity contribution is 5.90. The van der Waals surface area contributed by atoms with Crippen LogP contribution in [0.1, 0.15) is 48.6 Å². The molecule has 0 radical (unpaired) electrons. The summed E-state index contributed by atoms with van der Waals surface area (Å²) in [5.74, 6) is 1.20. The Labute approximate surface area is 90.4 Å². The molecule has 0 saturated heterocycles. The van der Waals surface area contributed by atoms with Crippen molar-refractivity contribution >= 4 is 5.97 Å². The van der Waals surface area contributed by atoms with E-state index in [9.17, 15) is 4.79 Å². The summed E-state index contributed by atoms with van der Waals surface area (Å²) in [4.78, 5) is 11.6. The highest BCUT2D eigenvalue weighted by atomic mass is 16.5. The van der Waals surface area contributed by atoms with E-state index in [0.29, 0.717) is 17.9 Å². The highest BCUT2D eigenvalue weighted by Gasteiger charge is 2.15. The molecule has 1 rings (SSSR count). The fourth-order valence-electron chi connectivity index (χ4n) is 1.31. The smallest absolute Gasteiger partial charge is 0.341 e. The first-order chi connectivity index (χ1) is 7.19. The van der Waals surface area contributed by atoms with Crippen LogP contribution < -0.4 is 0 Å². The van der Waals surface area contributed by atoms with Crippen LogP contribution >= 0.6 is 0 Å². The quantitative estimate of drug-likeness (QED) is 0.553. The molecule has 3 nitrogen and oxygen atoms in total. The van der Waals surface area contributed by atoms with Gasteiger partial charge in [0.15, 0.2) is 0 Å². The van der Waals surface area contributed by atoms with Gasteiger partial charge in [-0.25, -0.2) is 4.79 Å². The van der Waals surface area contributed by atoms with E-state index in [4.69, 9.17) is 9.15 Å². The molecular weight excluding hydrogens is 192 g/mol. The molecule has 1 aromatic rings. The van der Waals surface area contributed by atoms with Crippen LogP contribution in [0, 0.1) is 6.92 Å². The molecule has 0 saturated carbocycles. The molecule has 84 valence electrons. The molecule has 0 aromatic carbocycles. The minimum absolute atomic E-state index is 0.274. The number of furan rings is 1. The number of aryl methyl sites for hydroxylation is 2. The summed E-state index contributed by atoms with van der Waals surface area (Å²) in [7, 11) is 0. The fraction of sp³-hybridized carbons (Fsp3) is 0.583. The zero-order valence-electron chi connectivity index (χ0n) is 9.63. The molecule has 0 fully saturated rings. The van der Waals surface area contributed by atoms with E-state index in [1.54, 1.807) is 13.0 Å². The van der Waals surface area contributed by atoms with E-state index in [-0.39, 0.29) is 5.97 Å². The van der Waals surface area contributed by atoms with Crippen molar-refractivity contribution in [3.05, 3.63) is 23.2 Å². The van der Waals surface area contributed by atoms with Crippen molar-refractivity contribution in [2.75, 3.05) is 6.61 Å². The molecule has 0 N–H and O–H groups in total. The van der Waals surface area contributed by atoms with Gasteiger partial charge >= 0.3 is 5.97 Å². The standard InChI is InChI=1S/C12H18O3/c1-4-6-7-14-12(13)11-8-10(5-2)15-9(11)3/h8H,4-7H2,1-3H3. The van der Waals surface area contributed by atoms with E-state index in [2.05, 4.69) is 6.92 Å². The van der Waals surface area contributed by atoms with Crippen molar-refractivity contribution in [3.63, 3.8) is 0 Å². The predicted molar refractivity (Wildman–Crippen MR) is 58.0 cm³/mol. The molecule has 1 heterocycles. The maximum absolute atomic E-state index is 11.6. The van der Waals surface area contributed by atoms with Gasteiger partial charge in [0.25, 0.3) is 0 Å². The van der Waals surface area contributed by atoms with Gasteiger partial charge in [-0.2, -0.15) is 0 Å². The van der Waals surface area contributed by atoms with Crippen molar-refractivity contribution in [2.24, 2.45) is 0 Å². The van der Waals surface area contributed by atoms with Crippen LogP contribution in [-0.4, -0.2) is 12.6 Å². The van der Waals surface area contributed by atoms with Gasteiger partial charge in [0, 0.05) is 6.42 Å². The van der Waals surface area contributed by atoms with Crippen LogP contribution in [0.25, 0.3) is 0 Å². The van der Waals surface area contributed by atoms with Crippen molar-refractivity contribution < 1.29 is 13.9 Å². The second-order valence-corrected chi connectivity index (χ2v) is 3.53. The van der Waals surface area contributed by atoms with Gasteiger partial charge in [-0.15, -0.1) is 0 Å². The monoisotopic (exact) mass is 210 g/mol. The Hall–Kier alpha value is -1.25. The Morgan fingerprint density at radius 2 is 2.20 bits per heavy atom. The Balaban J connectivity index is 2.60. The maximum Gasteiger partial charge on any atom is 0.341 e. The van der Waals surface area contributed by atoms with Crippen LogP contribution in [0.5, 0.6) is 0 Å². The van der Waals surface area contributed by atoms with Gasteiger partial charge in [0.1, 0.15) is 17.1 Å². The summed E-state index contributed by atoms with van der Waals surface area (Å²) in [5.41, 5.74) is 0.558. The van der Waals surface area contributed by atoms with E-state index in [1.165, 1.54) is 0 Å². The SMILES string of the molecule is CCCCOC(=O)c1cc(CC)oc1C. The molecule has 0 aliphatic rings. The normalized spacial score (nSPS) is 10.3. The highest BCUT2D eigenvalue weighted by Crippen LogP contribution is 2.16. The number of hydrogen-bond acceptors (Lipinski definition) is 3. The van der Waals surface area contributed by atoms with Crippen LogP contribution in [-0.2, 0) is 11.2 Å². The zero-order chi connectivity index (χ0) is 11.3. The Bertz CT molecular complexity index is 326. The van der Waals surface area contributed by atoms with Gasteiger partial charge < -0.3 is 9.15 Å². The number of carbonyl (C=O) groups excluding carboxylic acids is 1. The summed E-state index contributed by atoms with van der Waals surface area (Å²) < 4.78 is 10.5. The lowest BCUT2D eigenvalue weighted by atomic mass is 10.2. The Kier molecular flexibility index (Phi) is 4.40. The average Bonchev–Trinajstić information content (AvgIpc) is 2.60. The first-order valence-corrected chi connectivity index (χ1v) is 5.45. The number of unbranched alkanes of at least 4 members (excludes halogenated alkanes) is 1. The Morgan fingerprint density at radius 3 is 2.73 bits per heavy atom. The fourth-order valence-corrected chi connectivity index (χ4v) is 1.31. The maximum atomic E-state index is 11.6. The second-order valence-electron chi connectivity index (χ2n) is 3.53. The van der Waals surface area contributed by atoms with E-state index in [0.717, 1.165) is 25.0 Å². The van der Waals surface area contributed by atoms with Gasteiger partial charge in [0.05, 0.1) is 6.61 Å². The van der Waals surface area contributed by atoms with Crippen LogP contribution in [0.4, 0.5) is 0 Å². The number of ether oxygens (including phenoxy) is 1. The van der Waals surface area contributed by atoms with Gasteiger partial charge in [-0.3, -0.25) is 0 Å². The van der Waals surface area contributed by atoms with E-state index in [1.807, 2.05) is 6.92 Å². The number of carbonyl (C=O) groups is 1. The molecular formula is C12H18O3. The number of esters is 1. The van der Waals surface area contributed by atoms with Gasteiger partial charge in [-0.1, -0.05) is 20.3 Å². The first-order valence-electron chi connectivity index (χ1n) is 5.45. The van der Waals surface area contributed by atoms with Crippen LogP contribution in [0.2, 0.25) is 0 Å². The lowest BCUT2D eigenvalue weighted by Gasteiger charge is -2.01. The molecule has 0 atom stereocenters. The molecule has 0 aliphatic heterocycles. The average molecular weight is 210 g/mol. The third-order valence-corrected chi connectivity index (χ3v) is 2.27. The second kappa shape index (κ2) is 5.59. The summed E-state index contributed by atoms with van der Waals surface area (Å²) in [6, 6.07) is 1.77. The van der Waals surface area contributed by atoms with Crippen molar-refractivity contribution in [1.82, 2.24) is 0 Å². The summed E-state index contributed by atoms with van der Waals surface area (Å²) in [6.07, 6.45) is 2.73. The van der Waals surface area contributed by atoms with Gasteiger partial charge in [-0.05, 0) is 19.4 Å². The third kappa shape index (κ3) is 3.11. The molecule has 0 amide bonds. The first kappa shape index (κ1) is 11.8. The Morgan fingerprint density at radius 1 is 1.47 bits per heavy atom. The van der Waals surface area contributed by atoms with Gasteiger partial charge in [0.2, 0.25) is 0 Å². The number of hydrogen-bond donors (Lipinski definition) is 0. The number of rotatable bonds is 5. The third-order valence-electron chi connectivity index (χ3n) is 2.27. The zero-order valence-corrected chi connectivity index (χ0v) is 9.63. The summed E-state index contributed by atoms with van der Waals surface area (Å²) in [5, 5.41) is 0. The van der Waals surface area contributed by atoms with Crippen molar-refractivity contribution in [3.8, 4) is 0 Å². The molecule has 0 unspecified atom stereocenters. The summed E-state index contributed by atoms with van der Waals surface area (Å²) >= 11 is 0. The molecule has 0 bridgehead atoms. The van der Waals surface area contributed by atoms with Crippen molar-refractivity contribution in [2.45, 2.75) is 40.0 Å². The molecule has 15 heavy (non-hydrogen) atoms. The molecule has 0 spiro atoms. The summed E-state index contributed by atoms with van der Waals surface area (Å²) in [6.45, 7) is 6.33. The van der Waals surface area contributed by atoms with E-state index < -0.39 is 0 Å². The topological polar surface area (TPSA) is 39.4 Å². The predicted octanol–water partition coefficient (Wildman–Crippen LogP) is 3.11.